The molecule has 0 radical (unpaired) electrons. The molecular weight excluding hydrogens is 452 g/mol. The van der Waals surface area contributed by atoms with Gasteiger partial charge < -0.3 is 14.4 Å². The van der Waals surface area contributed by atoms with Crippen molar-refractivity contribution in [2.24, 2.45) is 0 Å². The van der Waals surface area contributed by atoms with E-state index in [4.69, 9.17) is 0 Å². The first-order chi connectivity index (χ1) is 15.1. The van der Waals surface area contributed by atoms with Crippen molar-refractivity contribution in [2.75, 3.05) is 11.2 Å². The zero-order valence-electron chi connectivity index (χ0n) is 16.7. The minimum Gasteiger partial charge on any atom is -0.431 e. The Labute approximate surface area is 181 Å². The summed E-state index contributed by atoms with van der Waals surface area (Å²) in [5.41, 5.74) is 1.42. The van der Waals surface area contributed by atoms with E-state index >= 15 is 0 Å². The second kappa shape index (κ2) is 9.86. The predicted octanol–water partition coefficient (Wildman–Crippen LogP) is 5.03. The number of hydrogen-bond acceptors (Lipinski definition) is 6. The zero-order valence-corrected chi connectivity index (χ0v) is 17.5. The fourth-order valence-corrected chi connectivity index (χ4v) is 3.59. The van der Waals surface area contributed by atoms with Crippen molar-refractivity contribution in [3.8, 4) is 11.5 Å². The van der Waals surface area contributed by atoms with Gasteiger partial charge in [-0.1, -0.05) is 12.1 Å². The highest BCUT2D eigenvalue weighted by Crippen LogP contribution is 2.37. The van der Waals surface area contributed by atoms with Crippen LogP contribution in [0.5, 0.6) is 11.5 Å². The van der Waals surface area contributed by atoms with E-state index in [1.807, 2.05) is 0 Å². The van der Waals surface area contributed by atoms with E-state index in [0.29, 0.717) is 5.69 Å². The van der Waals surface area contributed by atoms with Crippen molar-refractivity contribution < 1.29 is 35.5 Å². The molecule has 1 heterocycles. The predicted molar refractivity (Wildman–Crippen MR) is 109 cm³/mol. The molecule has 0 unspecified atom stereocenters. The average molecular weight is 470 g/mol. The summed E-state index contributed by atoms with van der Waals surface area (Å²) in [4.78, 5) is 5.69. The summed E-state index contributed by atoms with van der Waals surface area (Å²) in [5, 5.41) is 0. The van der Waals surface area contributed by atoms with E-state index in [9.17, 15) is 26.0 Å². The summed E-state index contributed by atoms with van der Waals surface area (Å²) < 4.78 is 83.7. The lowest BCUT2D eigenvalue weighted by atomic mass is 10.2. The normalized spacial score (nSPS) is 11.6. The van der Waals surface area contributed by atoms with Gasteiger partial charge in [0.25, 0.3) is 0 Å². The maximum absolute atomic E-state index is 12.9. The fourth-order valence-electron chi connectivity index (χ4n) is 2.93. The molecule has 0 aliphatic carbocycles. The van der Waals surface area contributed by atoms with E-state index < -0.39 is 34.6 Å². The number of sulfone groups is 1. The lowest BCUT2D eigenvalue weighted by molar-refractivity contribution is -0.0692. The molecule has 0 aliphatic heterocycles. The molecule has 1 aromatic heterocycles. The molecule has 0 saturated carbocycles. The molecule has 0 fully saturated rings. The molecule has 0 N–H and O–H groups in total. The number of benzene rings is 2. The van der Waals surface area contributed by atoms with Crippen LogP contribution in [0.25, 0.3) is 0 Å². The monoisotopic (exact) mass is 470 g/mol. The van der Waals surface area contributed by atoms with Crippen LogP contribution in [-0.4, -0.2) is 32.9 Å². The Morgan fingerprint density at radius 3 is 2.22 bits per heavy atom. The second-order valence-corrected chi connectivity index (χ2v) is 8.62. The average Bonchev–Trinajstić information content (AvgIpc) is 2.73. The number of aromatic nitrogens is 1. The first-order valence-electron chi connectivity index (χ1n) is 9.14. The van der Waals surface area contributed by atoms with Gasteiger partial charge in [0.15, 0.2) is 21.3 Å². The maximum atomic E-state index is 12.9. The van der Waals surface area contributed by atoms with Crippen molar-refractivity contribution in [3.63, 3.8) is 0 Å². The van der Waals surface area contributed by atoms with Gasteiger partial charge in [-0.15, -0.1) is 0 Å². The SMILES string of the molecule is CS(=O)(=O)c1cccc(N(Cc2cccnc2)c2ccc(OC(F)F)c(OC(F)F)c2)c1. The minimum atomic E-state index is -3.52. The van der Waals surface area contributed by atoms with Gasteiger partial charge in [-0.3, -0.25) is 4.98 Å². The van der Waals surface area contributed by atoms with Gasteiger partial charge in [-0.05, 0) is 42.0 Å². The van der Waals surface area contributed by atoms with Crippen LogP contribution in [0.1, 0.15) is 5.56 Å². The van der Waals surface area contributed by atoms with Crippen LogP contribution >= 0.6 is 0 Å². The third kappa shape index (κ3) is 6.10. The van der Waals surface area contributed by atoms with Crippen LogP contribution in [0, 0.1) is 0 Å². The van der Waals surface area contributed by atoms with Crippen molar-refractivity contribution in [3.05, 3.63) is 72.6 Å². The van der Waals surface area contributed by atoms with Crippen LogP contribution in [-0.2, 0) is 16.4 Å². The molecule has 0 aliphatic rings. The highest BCUT2D eigenvalue weighted by atomic mass is 32.2. The van der Waals surface area contributed by atoms with E-state index in [1.54, 1.807) is 35.5 Å². The summed E-state index contributed by atoms with van der Waals surface area (Å²) in [6, 6.07) is 13.0. The number of ether oxygens (including phenoxy) is 2. The molecule has 0 spiro atoms. The quantitative estimate of drug-likeness (QED) is 0.409. The van der Waals surface area contributed by atoms with Crippen LogP contribution < -0.4 is 14.4 Å². The molecule has 0 atom stereocenters. The number of pyridine rings is 1. The summed E-state index contributed by atoms with van der Waals surface area (Å²) in [7, 11) is -3.52. The van der Waals surface area contributed by atoms with Gasteiger partial charge in [0.05, 0.1) is 4.90 Å². The number of nitrogens with zero attached hydrogens (tertiary/aromatic N) is 2. The molecule has 11 heteroatoms. The molecule has 0 saturated heterocycles. The van der Waals surface area contributed by atoms with Crippen molar-refractivity contribution in [1.82, 2.24) is 4.98 Å². The van der Waals surface area contributed by atoms with Crippen LogP contribution in [0.15, 0.2) is 71.9 Å². The summed E-state index contributed by atoms with van der Waals surface area (Å²) in [5.74, 6) is -1.15. The fraction of sp³-hybridized carbons (Fsp3) is 0.190. The number of anilines is 2. The Bertz CT molecular complexity index is 1160. The zero-order chi connectivity index (χ0) is 23.3. The molecule has 2 aromatic carbocycles. The minimum absolute atomic E-state index is 0.0490. The molecule has 32 heavy (non-hydrogen) atoms. The molecule has 6 nitrogen and oxygen atoms in total. The van der Waals surface area contributed by atoms with E-state index in [2.05, 4.69) is 14.5 Å². The highest BCUT2D eigenvalue weighted by Gasteiger charge is 2.19. The van der Waals surface area contributed by atoms with E-state index in [1.165, 1.54) is 24.3 Å². The Kier molecular flexibility index (Phi) is 7.18. The molecular formula is C21H18F4N2O4S. The first-order valence-corrected chi connectivity index (χ1v) is 11.0. The van der Waals surface area contributed by atoms with E-state index in [-0.39, 0.29) is 17.1 Å². The number of rotatable bonds is 9. The van der Waals surface area contributed by atoms with Gasteiger partial charge in [0, 0.05) is 42.6 Å². The Morgan fingerprint density at radius 2 is 1.59 bits per heavy atom. The Morgan fingerprint density at radius 1 is 0.906 bits per heavy atom. The van der Waals surface area contributed by atoms with Crippen molar-refractivity contribution in [2.45, 2.75) is 24.7 Å². The third-order valence-electron chi connectivity index (χ3n) is 4.29. The third-order valence-corrected chi connectivity index (χ3v) is 5.40. The van der Waals surface area contributed by atoms with Crippen LogP contribution in [0.2, 0.25) is 0 Å². The summed E-state index contributed by atoms with van der Waals surface area (Å²) >= 11 is 0. The smallest absolute Gasteiger partial charge is 0.387 e. The Balaban J connectivity index is 2.11. The van der Waals surface area contributed by atoms with Crippen molar-refractivity contribution >= 4 is 21.2 Å². The summed E-state index contributed by atoms with van der Waals surface area (Å²) in [6.07, 6.45) is 4.21. The first kappa shape index (κ1) is 23.3. The van der Waals surface area contributed by atoms with Gasteiger partial charge in [-0.25, -0.2) is 8.42 Å². The second-order valence-electron chi connectivity index (χ2n) is 6.60. The van der Waals surface area contributed by atoms with Crippen molar-refractivity contribution in [1.29, 1.82) is 0 Å². The lowest BCUT2D eigenvalue weighted by Crippen LogP contribution is -2.17. The summed E-state index contributed by atoms with van der Waals surface area (Å²) in [6.45, 7) is -6.34. The standard InChI is InChI=1S/C21H18F4N2O4S/c1-32(28,29)17-6-2-5-15(10-17)27(13-14-4-3-9-26-12-14)16-7-8-18(30-20(22)23)19(11-16)31-21(24)25/h2-12,20-21H,13H2,1H3. The van der Waals surface area contributed by atoms with Gasteiger partial charge in [0.2, 0.25) is 0 Å². The molecule has 0 bridgehead atoms. The molecule has 170 valence electrons. The van der Waals surface area contributed by atoms with Gasteiger partial charge in [-0.2, -0.15) is 17.6 Å². The van der Waals surface area contributed by atoms with E-state index in [0.717, 1.165) is 24.0 Å². The largest absolute Gasteiger partial charge is 0.431 e. The van der Waals surface area contributed by atoms with Crippen LogP contribution in [0.3, 0.4) is 0 Å². The maximum Gasteiger partial charge on any atom is 0.387 e. The topological polar surface area (TPSA) is 68.7 Å². The van der Waals surface area contributed by atoms with Gasteiger partial charge >= 0.3 is 13.2 Å². The number of alkyl halides is 4. The lowest BCUT2D eigenvalue weighted by Gasteiger charge is -2.26. The highest BCUT2D eigenvalue weighted by molar-refractivity contribution is 7.90. The van der Waals surface area contributed by atoms with Gasteiger partial charge in [0.1, 0.15) is 0 Å². The van der Waals surface area contributed by atoms with Crippen LogP contribution in [0.4, 0.5) is 28.9 Å². The number of halogens is 4. The molecule has 3 aromatic rings. The molecule has 0 amide bonds. The Hall–Kier alpha value is -3.34. The molecule has 3 rings (SSSR count). The number of hydrogen-bond donors (Lipinski definition) is 0.